The largest absolute Gasteiger partial charge is 0.493 e. The molecule has 6 nitrogen and oxygen atoms in total. The van der Waals surface area contributed by atoms with E-state index in [2.05, 4.69) is 13.8 Å². The first-order chi connectivity index (χ1) is 17.8. The summed E-state index contributed by atoms with van der Waals surface area (Å²) in [7, 11) is 1.59. The van der Waals surface area contributed by atoms with Crippen molar-refractivity contribution in [2.45, 2.75) is 70.9 Å². The Hall–Kier alpha value is -2.84. The summed E-state index contributed by atoms with van der Waals surface area (Å²) < 4.78 is 11.9. The van der Waals surface area contributed by atoms with Gasteiger partial charge in [0.05, 0.1) is 18.1 Å². The molecule has 0 unspecified atom stereocenters. The number of rotatable bonds is 14. The van der Waals surface area contributed by atoms with Crippen LogP contribution in [0.4, 0.5) is 0 Å². The highest BCUT2D eigenvalue weighted by Crippen LogP contribution is 2.36. The molecule has 1 fully saturated rings. The molecule has 3 rings (SSSR count). The first-order valence-corrected chi connectivity index (χ1v) is 13.9. The fourth-order valence-corrected chi connectivity index (χ4v) is 5.57. The summed E-state index contributed by atoms with van der Waals surface area (Å²) in [6, 6.07) is 13.7. The van der Waals surface area contributed by atoms with E-state index in [1.54, 1.807) is 13.2 Å². The molecule has 2 aromatic rings. The summed E-state index contributed by atoms with van der Waals surface area (Å²) in [5.74, 6) is -0.269. The topological polar surface area (TPSA) is 76.1 Å². The Kier molecular flexibility index (Phi) is 11.0. The minimum atomic E-state index is -1.09. The van der Waals surface area contributed by atoms with E-state index < -0.39 is 17.9 Å². The van der Waals surface area contributed by atoms with E-state index in [0.717, 1.165) is 35.7 Å². The molecule has 0 bridgehead atoms. The summed E-state index contributed by atoms with van der Waals surface area (Å²) in [5, 5.41) is 9.86. The van der Waals surface area contributed by atoms with Crippen molar-refractivity contribution in [3.8, 4) is 11.5 Å². The van der Waals surface area contributed by atoms with Gasteiger partial charge in [-0.1, -0.05) is 93.0 Å². The van der Waals surface area contributed by atoms with Crippen LogP contribution in [0.3, 0.4) is 0 Å². The van der Waals surface area contributed by atoms with Gasteiger partial charge in [0.15, 0.2) is 11.5 Å². The number of thiocarbonyl (C=S) groups is 1. The number of carboxylic acids is 1. The van der Waals surface area contributed by atoms with Crippen molar-refractivity contribution in [2.75, 3.05) is 7.11 Å². The number of amides is 1. The van der Waals surface area contributed by atoms with Crippen LogP contribution in [-0.2, 0) is 16.0 Å². The van der Waals surface area contributed by atoms with Gasteiger partial charge in [0, 0.05) is 6.42 Å². The first-order valence-electron chi connectivity index (χ1n) is 12.7. The first kappa shape index (κ1) is 28.7. The standard InChI is InChI=1S/C29H35NO5S2/c1-4-5-6-7-9-12-20(2)35-24-16-15-22(18-25(24)34-3)19-26-27(31)30(29(36)37-26)23(28(32)33)17-21-13-10-8-11-14-21/h8,10-11,13-16,18-20,23H,4-7,9,12,17H2,1-3H3,(H,32,33)/b26-19+/t20-,23+/m0/s1. The average molecular weight is 542 g/mol. The third-order valence-corrected chi connectivity index (χ3v) is 7.55. The van der Waals surface area contributed by atoms with Crippen molar-refractivity contribution in [2.24, 2.45) is 0 Å². The second-order valence-electron chi connectivity index (χ2n) is 9.14. The van der Waals surface area contributed by atoms with Crippen molar-refractivity contribution in [1.29, 1.82) is 0 Å². The smallest absolute Gasteiger partial charge is 0.327 e. The van der Waals surface area contributed by atoms with Gasteiger partial charge in [0.2, 0.25) is 0 Å². The zero-order chi connectivity index (χ0) is 26.8. The Labute approximate surface area is 229 Å². The normalized spacial score (nSPS) is 16.2. The molecule has 198 valence electrons. The molecule has 1 N–H and O–H groups in total. The molecular formula is C29H35NO5S2. The number of ether oxygens (including phenoxy) is 2. The summed E-state index contributed by atoms with van der Waals surface area (Å²) in [6.07, 6.45) is 9.03. The zero-order valence-corrected chi connectivity index (χ0v) is 23.3. The average Bonchev–Trinajstić information content (AvgIpc) is 3.15. The third-order valence-electron chi connectivity index (χ3n) is 6.22. The van der Waals surface area contributed by atoms with Crippen LogP contribution < -0.4 is 9.47 Å². The predicted octanol–water partition coefficient (Wildman–Crippen LogP) is 6.72. The second-order valence-corrected chi connectivity index (χ2v) is 10.8. The van der Waals surface area contributed by atoms with E-state index in [0.29, 0.717) is 16.4 Å². The van der Waals surface area contributed by atoms with Crippen LogP contribution in [0, 0.1) is 0 Å². The van der Waals surface area contributed by atoms with Crippen LogP contribution in [0.1, 0.15) is 63.5 Å². The SMILES string of the molecule is CCCCCCC[C@H](C)Oc1ccc(/C=C2/SC(=S)N([C@H](Cc3ccccc3)C(=O)O)C2=O)cc1OC. The minimum Gasteiger partial charge on any atom is -0.493 e. The van der Waals surface area contributed by atoms with E-state index >= 15 is 0 Å². The molecule has 0 aromatic heterocycles. The molecule has 2 atom stereocenters. The van der Waals surface area contributed by atoms with E-state index in [1.807, 2.05) is 48.5 Å². The van der Waals surface area contributed by atoms with Gasteiger partial charge < -0.3 is 14.6 Å². The van der Waals surface area contributed by atoms with Gasteiger partial charge in [0.25, 0.3) is 5.91 Å². The number of aliphatic carboxylic acids is 1. The third kappa shape index (κ3) is 8.07. The van der Waals surface area contributed by atoms with Gasteiger partial charge in [-0.15, -0.1) is 0 Å². The van der Waals surface area contributed by atoms with Gasteiger partial charge in [-0.3, -0.25) is 9.69 Å². The Morgan fingerprint density at radius 1 is 1.11 bits per heavy atom. The van der Waals surface area contributed by atoms with Crippen molar-refractivity contribution < 1.29 is 24.2 Å². The lowest BCUT2D eigenvalue weighted by Gasteiger charge is -2.23. The van der Waals surface area contributed by atoms with Crippen molar-refractivity contribution in [3.05, 3.63) is 64.6 Å². The van der Waals surface area contributed by atoms with Crippen LogP contribution in [0.15, 0.2) is 53.4 Å². The lowest BCUT2D eigenvalue weighted by molar-refractivity contribution is -0.145. The van der Waals surface area contributed by atoms with Crippen LogP contribution >= 0.6 is 24.0 Å². The van der Waals surface area contributed by atoms with Crippen molar-refractivity contribution in [3.63, 3.8) is 0 Å². The quantitative estimate of drug-likeness (QED) is 0.162. The van der Waals surface area contributed by atoms with E-state index in [9.17, 15) is 14.7 Å². The van der Waals surface area contributed by atoms with Crippen molar-refractivity contribution in [1.82, 2.24) is 4.90 Å². The Balaban J connectivity index is 1.70. The molecule has 0 saturated carbocycles. The molecule has 37 heavy (non-hydrogen) atoms. The maximum atomic E-state index is 13.2. The molecule has 1 amide bonds. The van der Waals surface area contributed by atoms with Gasteiger partial charge in [-0.25, -0.2) is 4.79 Å². The van der Waals surface area contributed by atoms with Crippen LogP contribution in [0.5, 0.6) is 11.5 Å². The monoisotopic (exact) mass is 541 g/mol. The number of hydrogen-bond acceptors (Lipinski definition) is 6. The second kappa shape index (κ2) is 14.2. The summed E-state index contributed by atoms with van der Waals surface area (Å²) >= 11 is 6.53. The van der Waals surface area contributed by atoms with Crippen LogP contribution in [0.25, 0.3) is 6.08 Å². The summed E-state index contributed by atoms with van der Waals surface area (Å²) in [4.78, 5) is 26.9. The molecule has 1 aliphatic heterocycles. The number of hydrogen-bond donors (Lipinski definition) is 1. The maximum Gasteiger partial charge on any atom is 0.327 e. The van der Waals surface area contributed by atoms with Gasteiger partial charge >= 0.3 is 5.97 Å². The summed E-state index contributed by atoms with van der Waals surface area (Å²) in [5.41, 5.74) is 1.57. The molecule has 0 radical (unpaired) electrons. The molecule has 1 heterocycles. The highest BCUT2D eigenvalue weighted by atomic mass is 32.2. The lowest BCUT2D eigenvalue weighted by atomic mass is 10.0. The number of carboxylic acid groups (broad SMARTS) is 1. The zero-order valence-electron chi connectivity index (χ0n) is 21.6. The molecule has 0 aliphatic carbocycles. The lowest BCUT2D eigenvalue weighted by Crippen LogP contribution is -2.45. The number of carbonyl (C=O) groups excluding carboxylic acids is 1. The van der Waals surface area contributed by atoms with Crippen molar-refractivity contribution >= 4 is 46.3 Å². The molecule has 2 aromatic carbocycles. The van der Waals surface area contributed by atoms with Gasteiger partial charge in [-0.05, 0) is 49.1 Å². The number of thioether (sulfide) groups is 1. The molecule has 1 saturated heterocycles. The molecular weight excluding hydrogens is 506 g/mol. The van der Waals surface area contributed by atoms with E-state index in [1.165, 1.54) is 30.6 Å². The van der Waals surface area contributed by atoms with E-state index in [-0.39, 0.29) is 16.8 Å². The number of unbranched alkanes of at least 4 members (excludes halogenated alkanes) is 4. The van der Waals surface area contributed by atoms with Gasteiger partial charge in [0.1, 0.15) is 10.4 Å². The van der Waals surface area contributed by atoms with Gasteiger partial charge in [-0.2, -0.15) is 0 Å². The number of nitrogens with zero attached hydrogens (tertiary/aromatic N) is 1. The van der Waals surface area contributed by atoms with Crippen LogP contribution in [-0.4, -0.2) is 45.5 Å². The highest BCUT2D eigenvalue weighted by Gasteiger charge is 2.40. The molecule has 1 aliphatic rings. The Bertz CT molecular complexity index is 1120. The number of benzene rings is 2. The van der Waals surface area contributed by atoms with Crippen LogP contribution in [0.2, 0.25) is 0 Å². The number of carbonyl (C=O) groups is 2. The van der Waals surface area contributed by atoms with E-state index in [4.69, 9.17) is 21.7 Å². The highest BCUT2D eigenvalue weighted by molar-refractivity contribution is 8.26. The minimum absolute atomic E-state index is 0.0650. The Morgan fingerprint density at radius 3 is 2.51 bits per heavy atom. The molecule has 8 heteroatoms. The Morgan fingerprint density at radius 2 is 1.84 bits per heavy atom. The summed E-state index contributed by atoms with van der Waals surface area (Å²) in [6.45, 7) is 4.27. The molecule has 0 spiro atoms. The number of methoxy groups -OCH3 is 1. The fraction of sp³-hybridized carbons (Fsp3) is 0.414. The fourth-order valence-electron chi connectivity index (χ4n) is 4.21. The maximum absolute atomic E-state index is 13.2. The predicted molar refractivity (Wildman–Crippen MR) is 153 cm³/mol.